The number of rotatable bonds is 3. The molecule has 2 nitrogen and oxygen atoms in total. The van der Waals surface area contributed by atoms with Crippen LogP contribution in [-0.4, -0.2) is 21.9 Å². The van der Waals surface area contributed by atoms with Crippen molar-refractivity contribution < 1.29 is 10.2 Å². The minimum atomic E-state index is -0.360. The molecular formula is C25H44O2. The van der Waals surface area contributed by atoms with Crippen molar-refractivity contribution in [1.29, 1.82) is 0 Å². The van der Waals surface area contributed by atoms with Gasteiger partial charge in [0.1, 0.15) is 0 Å². The van der Waals surface area contributed by atoms with E-state index in [1.807, 2.05) is 6.92 Å². The number of fused-ring (bicyclic) bond motifs is 5. The van der Waals surface area contributed by atoms with Gasteiger partial charge in [-0.3, -0.25) is 0 Å². The normalized spacial score (nSPS) is 53.8. The number of hydrogen-bond donors (Lipinski definition) is 2. The van der Waals surface area contributed by atoms with Gasteiger partial charge in [-0.1, -0.05) is 33.6 Å². The molecule has 2 unspecified atom stereocenters. The van der Waals surface area contributed by atoms with Crippen LogP contribution < -0.4 is 0 Å². The lowest BCUT2D eigenvalue weighted by atomic mass is 9.42. The van der Waals surface area contributed by atoms with E-state index in [1.54, 1.807) is 0 Å². The van der Waals surface area contributed by atoms with Crippen molar-refractivity contribution in [3.05, 3.63) is 0 Å². The third-order valence-corrected chi connectivity index (χ3v) is 10.1. The molecule has 4 aliphatic rings. The molecule has 0 amide bonds. The Balaban J connectivity index is 1.55. The summed E-state index contributed by atoms with van der Waals surface area (Å²) in [6, 6.07) is 0. The Kier molecular flexibility index (Phi) is 5.47. The minimum Gasteiger partial charge on any atom is -0.393 e. The summed E-state index contributed by atoms with van der Waals surface area (Å²) >= 11 is 0. The molecule has 0 spiro atoms. The molecule has 2 heteroatoms. The predicted octanol–water partition coefficient (Wildman–Crippen LogP) is 5.80. The van der Waals surface area contributed by atoms with Gasteiger partial charge in [0.15, 0.2) is 0 Å². The highest BCUT2D eigenvalue weighted by atomic mass is 16.3. The fourth-order valence-corrected chi connectivity index (χ4v) is 9.18. The predicted molar refractivity (Wildman–Crippen MR) is 111 cm³/mol. The van der Waals surface area contributed by atoms with Crippen molar-refractivity contribution >= 4 is 0 Å². The van der Waals surface area contributed by atoms with Crippen LogP contribution in [0.4, 0.5) is 0 Å². The number of hydrogen-bond acceptors (Lipinski definition) is 2. The van der Waals surface area contributed by atoms with Crippen molar-refractivity contribution in [3.8, 4) is 0 Å². The van der Waals surface area contributed by atoms with Crippen LogP contribution in [0.3, 0.4) is 0 Å². The highest BCUT2D eigenvalue weighted by Gasteiger charge is 2.58. The molecule has 156 valence electrons. The van der Waals surface area contributed by atoms with Gasteiger partial charge in [0.05, 0.1) is 11.7 Å². The maximum absolute atomic E-state index is 11.0. The van der Waals surface area contributed by atoms with Crippen molar-refractivity contribution in [2.45, 2.75) is 110 Å². The average Bonchev–Trinajstić information content (AvgIpc) is 2.60. The molecule has 0 heterocycles. The van der Waals surface area contributed by atoms with Crippen molar-refractivity contribution in [3.63, 3.8) is 0 Å². The summed E-state index contributed by atoms with van der Waals surface area (Å²) < 4.78 is 0. The van der Waals surface area contributed by atoms with E-state index < -0.39 is 0 Å². The second-order valence-electron chi connectivity index (χ2n) is 11.5. The van der Waals surface area contributed by atoms with E-state index in [0.29, 0.717) is 11.3 Å². The molecule has 0 radical (unpaired) electrons. The van der Waals surface area contributed by atoms with Gasteiger partial charge in [-0.2, -0.15) is 0 Å². The topological polar surface area (TPSA) is 40.5 Å². The number of aliphatic hydroxyl groups excluding tert-OH is 1. The van der Waals surface area contributed by atoms with Gasteiger partial charge < -0.3 is 10.2 Å². The lowest BCUT2D eigenvalue weighted by molar-refractivity contribution is -0.160. The zero-order chi connectivity index (χ0) is 19.4. The summed E-state index contributed by atoms with van der Waals surface area (Å²) in [7, 11) is 0. The van der Waals surface area contributed by atoms with Gasteiger partial charge in [-0.05, 0) is 112 Å². The van der Waals surface area contributed by atoms with Gasteiger partial charge in [-0.15, -0.1) is 0 Å². The summed E-state index contributed by atoms with van der Waals surface area (Å²) in [6.07, 6.45) is 13.3. The van der Waals surface area contributed by atoms with Crippen LogP contribution in [0.2, 0.25) is 0 Å². The molecule has 0 aromatic carbocycles. The molecule has 10 atom stereocenters. The SMILES string of the molecule is CCC[C@@]1(O)CC[C@H]2[C@H](CC[C@@H]3[C@@H]2CC[C@]2(C)C(C(C)O)CC[C@@H](C)[C@@H]32)C1. The van der Waals surface area contributed by atoms with E-state index in [9.17, 15) is 10.2 Å². The highest BCUT2D eigenvalue weighted by Crippen LogP contribution is 2.65. The van der Waals surface area contributed by atoms with Crippen LogP contribution in [0.15, 0.2) is 0 Å². The Bertz CT molecular complexity index is 530. The Morgan fingerprint density at radius 1 is 0.963 bits per heavy atom. The largest absolute Gasteiger partial charge is 0.393 e. The van der Waals surface area contributed by atoms with Crippen LogP contribution in [-0.2, 0) is 0 Å². The van der Waals surface area contributed by atoms with Crippen molar-refractivity contribution in [2.75, 3.05) is 0 Å². The van der Waals surface area contributed by atoms with E-state index in [4.69, 9.17) is 0 Å². The molecule has 27 heavy (non-hydrogen) atoms. The Hall–Kier alpha value is -0.0800. The summed E-state index contributed by atoms with van der Waals surface area (Å²) in [5.74, 6) is 5.52. The van der Waals surface area contributed by atoms with Crippen LogP contribution in [0.5, 0.6) is 0 Å². The van der Waals surface area contributed by atoms with Gasteiger partial charge >= 0.3 is 0 Å². The average molecular weight is 377 g/mol. The van der Waals surface area contributed by atoms with Gasteiger partial charge in [-0.25, -0.2) is 0 Å². The summed E-state index contributed by atoms with van der Waals surface area (Å²) in [5.41, 5.74) is -0.0149. The quantitative estimate of drug-likeness (QED) is 0.653. The molecule has 4 fully saturated rings. The van der Waals surface area contributed by atoms with Crippen LogP contribution in [0, 0.1) is 46.8 Å². The smallest absolute Gasteiger partial charge is 0.0650 e. The van der Waals surface area contributed by atoms with Crippen LogP contribution in [0.1, 0.15) is 98.3 Å². The maximum Gasteiger partial charge on any atom is 0.0650 e. The molecule has 0 saturated heterocycles. The van der Waals surface area contributed by atoms with E-state index in [1.165, 1.54) is 44.9 Å². The zero-order valence-electron chi connectivity index (χ0n) is 18.3. The second-order valence-corrected chi connectivity index (χ2v) is 11.5. The van der Waals surface area contributed by atoms with E-state index in [-0.39, 0.29) is 11.7 Å². The molecule has 0 aliphatic heterocycles. The molecule has 4 aliphatic carbocycles. The molecule has 4 saturated carbocycles. The Morgan fingerprint density at radius 3 is 2.41 bits per heavy atom. The first-order chi connectivity index (χ1) is 12.8. The summed E-state index contributed by atoms with van der Waals surface area (Å²) in [4.78, 5) is 0. The first-order valence-corrected chi connectivity index (χ1v) is 12.2. The fraction of sp³-hybridized carbons (Fsp3) is 1.00. The van der Waals surface area contributed by atoms with Crippen LogP contribution in [0.25, 0.3) is 0 Å². The first kappa shape index (κ1) is 20.2. The van der Waals surface area contributed by atoms with E-state index in [2.05, 4.69) is 20.8 Å². The van der Waals surface area contributed by atoms with E-state index in [0.717, 1.165) is 61.2 Å². The number of aliphatic hydroxyl groups is 2. The Labute approximate surface area is 167 Å². The zero-order valence-corrected chi connectivity index (χ0v) is 18.3. The van der Waals surface area contributed by atoms with E-state index >= 15 is 0 Å². The molecule has 0 bridgehead atoms. The third-order valence-electron chi connectivity index (χ3n) is 10.1. The van der Waals surface area contributed by atoms with Crippen molar-refractivity contribution in [2.24, 2.45) is 46.8 Å². The lowest BCUT2D eigenvalue weighted by Crippen LogP contribution is -2.57. The molecular weight excluding hydrogens is 332 g/mol. The van der Waals surface area contributed by atoms with Gasteiger partial charge in [0, 0.05) is 0 Å². The maximum atomic E-state index is 11.0. The van der Waals surface area contributed by atoms with Gasteiger partial charge in [0.25, 0.3) is 0 Å². The summed E-state index contributed by atoms with van der Waals surface area (Å²) in [6.45, 7) is 9.30. The second kappa shape index (κ2) is 7.31. The molecule has 0 aromatic rings. The van der Waals surface area contributed by atoms with Gasteiger partial charge in [0.2, 0.25) is 0 Å². The van der Waals surface area contributed by atoms with Crippen LogP contribution >= 0.6 is 0 Å². The highest BCUT2D eigenvalue weighted by molar-refractivity contribution is 5.07. The standard InChI is InChI=1S/C25H44O2/c1-5-12-25(27)14-11-19-18(15-25)7-8-21-20(19)10-13-24(4)22(17(3)26)9-6-16(2)23(21)24/h16-23,26-27H,5-15H2,1-4H3/t16-,17?,18-,19+,20-,21-,22?,23+,24-,25-/m1/s1. The molecule has 4 rings (SSSR count). The lowest BCUT2D eigenvalue weighted by Gasteiger charge is -2.63. The monoisotopic (exact) mass is 376 g/mol. The Morgan fingerprint density at radius 2 is 1.70 bits per heavy atom. The molecule has 0 aromatic heterocycles. The fourth-order valence-electron chi connectivity index (χ4n) is 9.18. The molecule has 2 N–H and O–H groups in total. The summed E-state index contributed by atoms with van der Waals surface area (Å²) in [5, 5.41) is 21.6. The minimum absolute atomic E-state index is 0.156. The first-order valence-electron chi connectivity index (χ1n) is 12.2. The third kappa shape index (κ3) is 3.31. The van der Waals surface area contributed by atoms with Crippen molar-refractivity contribution in [1.82, 2.24) is 0 Å².